The number of esters is 1. The van der Waals surface area contributed by atoms with Crippen molar-refractivity contribution < 1.29 is 9.53 Å². The van der Waals surface area contributed by atoms with Gasteiger partial charge in [-0.05, 0) is 61.4 Å². The summed E-state index contributed by atoms with van der Waals surface area (Å²) in [4.78, 5) is 21.2. The van der Waals surface area contributed by atoms with E-state index < -0.39 is 0 Å². The van der Waals surface area contributed by atoms with Gasteiger partial charge in [0.05, 0.1) is 0 Å². The molecule has 29 heavy (non-hydrogen) atoms. The fourth-order valence-electron chi connectivity index (χ4n) is 4.00. The Labute approximate surface area is 175 Å². The standard InChI is InChI=1S/C25H34N2O2/c1-3-5-7-8-9-19-11-16-23-21(17-19)18-26-25(27-23)20-12-14-22(15-13-20)29-24(28)10-6-4-2/h12-15,18-19H,3-11,16-17H2,1-2H3. The van der Waals surface area contributed by atoms with Crippen molar-refractivity contribution >= 4 is 5.97 Å². The van der Waals surface area contributed by atoms with E-state index in [1.807, 2.05) is 30.5 Å². The number of unbranched alkanes of at least 4 members (excludes halogenated alkanes) is 4. The maximum atomic E-state index is 11.8. The summed E-state index contributed by atoms with van der Waals surface area (Å²) in [5, 5.41) is 0. The number of fused-ring (bicyclic) bond motifs is 1. The molecule has 1 aromatic carbocycles. The number of hydrogen-bond donors (Lipinski definition) is 0. The second-order valence-corrected chi connectivity index (χ2v) is 8.23. The molecule has 156 valence electrons. The molecule has 1 atom stereocenters. The van der Waals surface area contributed by atoms with Gasteiger partial charge in [0.1, 0.15) is 5.75 Å². The molecule has 0 spiro atoms. The van der Waals surface area contributed by atoms with Gasteiger partial charge in [-0.3, -0.25) is 4.79 Å². The number of hydrogen-bond acceptors (Lipinski definition) is 4. The minimum atomic E-state index is -0.172. The summed E-state index contributed by atoms with van der Waals surface area (Å²) in [6, 6.07) is 7.52. The molecule has 0 amide bonds. The monoisotopic (exact) mass is 394 g/mol. The molecule has 0 aliphatic heterocycles. The Kier molecular flexibility index (Phi) is 8.21. The first kappa shape index (κ1) is 21.5. The van der Waals surface area contributed by atoms with Gasteiger partial charge >= 0.3 is 5.97 Å². The van der Waals surface area contributed by atoms with Crippen molar-refractivity contribution in [1.82, 2.24) is 9.97 Å². The molecule has 1 unspecified atom stereocenters. The number of benzene rings is 1. The van der Waals surface area contributed by atoms with Gasteiger partial charge < -0.3 is 4.74 Å². The molecule has 4 heteroatoms. The lowest BCUT2D eigenvalue weighted by atomic mass is 9.84. The topological polar surface area (TPSA) is 52.1 Å². The number of carbonyl (C=O) groups is 1. The predicted octanol–water partition coefficient (Wildman–Crippen LogP) is 6.31. The van der Waals surface area contributed by atoms with Gasteiger partial charge in [0.25, 0.3) is 0 Å². The van der Waals surface area contributed by atoms with Gasteiger partial charge in [0.2, 0.25) is 0 Å². The molecule has 0 radical (unpaired) electrons. The Morgan fingerprint density at radius 1 is 1.07 bits per heavy atom. The number of rotatable bonds is 10. The smallest absolute Gasteiger partial charge is 0.311 e. The largest absolute Gasteiger partial charge is 0.427 e. The fourth-order valence-corrected chi connectivity index (χ4v) is 4.00. The van der Waals surface area contributed by atoms with Crippen molar-refractivity contribution in [2.45, 2.75) is 84.5 Å². The van der Waals surface area contributed by atoms with E-state index in [1.165, 1.54) is 49.8 Å². The van der Waals surface area contributed by atoms with Crippen molar-refractivity contribution in [3.8, 4) is 17.1 Å². The van der Waals surface area contributed by atoms with Crippen LogP contribution in [0, 0.1) is 5.92 Å². The van der Waals surface area contributed by atoms with Crippen molar-refractivity contribution in [3.63, 3.8) is 0 Å². The summed E-state index contributed by atoms with van der Waals surface area (Å²) < 4.78 is 5.38. The van der Waals surface area contributed by atoms with Crippen LogP contribution in [0.2, 0.25) is 0 Å². The predicted molar refractivity (Wildman–Crippen MR) is 117 cm³/mol. The Bertz CT molecular complexity index is 786. The van der Waals surface area contributed by atoms with Gasteiger partial charge in [-0.2, -0.15) is 0 Å². The summed E-state index contributed by atoms with van der Waals surface area (Å²) in [7, 11) is 0. The maximum Gasteiger partial charge on any atom is 0.311 e. The van der Waals surface area contributed by atoms with E-state index in [-0.39, 0.29) is 5.97 Å². The van der Waals surface area contributed by atoms with Crippen LogP contribution in [0.15, 0.2) is 30.5 Å². The summed E-state index contributed by atoms with van der Waals surface area (Å²) in [5.41, 5.74) is 3.49. The van der Waals surface area contributed by atoms with E-state index in [0.717, 1.165) is 43.0 Å². The second-order valence-electron chi connectivity index (χ2n) is 8.23. The third-order valence-corrected chi connectivity index (χ3v) is 5.80. The van der Waals surface area contributed by atoms with Crippen LogP contribution in [0.1, 0.15) is 82.9 Å². The van der Waals surface area contributed by atoms with E-state index in [4.69, 9.17) is 9.72 Å². The van der Waals surface area contributed by atoms with Gasteiger partial charge in [0.15, 0.2) is 5.82 Å². The van der Waals surface area contributed by atoms with Crippen molar-refractivity contribution in [3.05, 3.63) is 41.7 Å². The van der Waals surface area contributed by atoms with Gasteiger partial charge in [-0.1, -0.05) is 52.4 Å². The lowest BCUT2D eigenvalue weighted by molar-refractivity contribution is -0.134. The molecule has 1 aliphatic carbocycles. The van der Waals surface area contributed by atoms with E-state index >= 15 is 0 Å². The number of ether oxygens (including phenoxy) is 1. The lowest BCUT2D eigenvalue weighted by Gasteiger charge is -2.24. The van der Waals surface area contributed by atoms with Crippen LogP contribution in [0.25, 0.3) is 11.4 Å². The number of carbonyl (C=O) groups excluding carboxylic acids is 1. The average Bonchev–Trinajstić information content (AvgIpc) is 2.75. The van der Waals surface area contributed by atoms with Crippen LogP contribution in [0.5, 0.6) is 5.75 Å². The minimum absolute atomic E-state index is 0.172. The Hall–Kier alpha value is -2.23. The fraction of sp³-hybridized carbons (Fsp3) is 0.560. The molecule has 0 saturated carbocycles. The summed E-state index contributed by atoms with van der Waals surface area (Å²) >= 11 is 0. The first-order chi connectivity index (χ1) is 14.2. The first-order valence-electron chi connectivity index (χ1n) is 11.4. The lowest BCUT2D eigenvalue weighted by Crippen LogP contribution is -2.16. The SMILES string of the molecule is CCCCCCC1CCc2nc(-c3ccc(OC(=O)CCCC)cc3)ncc2C1. The molecular formula is C25H34N2O2. The van der Waals surface area contributed by atoms with Crippen LogP contribution in [-0.4, -0.2) is 15.9 Å². The zero-order valence-electron chi connectivity index (χ0n) is 18.0. The number of nitrogens with zero attached hydrogens (tertiary/aromatic N) is 2. The van der Waals surface area contributed by atoms with Gasteiger partial charge in [-0.25, -0.2) is 9.97 Å². The summed E-state index contributed by atoms with van der Waals surface area (Å²) in [6.07, 6.45) is 14.4. The molecule has 0 bridgehead atoms. The highest BCUT2D eigenvalue weighted by Gasteiger charge is 2.20. The molecule has 0 N–H and O–H groups in total. The molecule has 0 saturated heterocycles. The third kappa shape index (κ3) is 6.38. The van der Waals surface area contributed by atoms with Crippen LogP contribution in [-0.2, 0) is 17.6 Å². The maximum absolute atomic E-state index is 11.8. The molecule has 0 fully saturated rings. The van der Waals surface area contributed by atoms with E-state index in [1.54, 1.807) is 0 Å². The Balaban J connectivity index is 1.58. The normalized spacial score (nSPS) is 15.7. The zero-order valence-corrected chi connectivity index (χ0v) is 18.0. The number of aryl methyl sites for hydroxylation is 1. The van der Waals surface area contributed by atoms with Gasteiger partial charge in [-0.15, -0.1) is 0 Å². The average molecular weight is 395 g/mol. The first-order valence-corrected chi connectivity index (χ1v) is 11.4. The minimum Gasteiger partial charge on any atom is -0.427 e. The van der Waals surface area contributed by atoms with Crippen LogP contribution >= 0.6 is 0 Å². The Morgan fingerprint density at radius 2 is 1.86 bits per heavy atom. The molecule has 1 aromatic heterocycles. The van der Waals surface area contributed by atoms with Crippen molar-refractivity contribution in [2.24, 2.45) is 5.92 Å². The quantitative estimate of drug-likeness (QED) is 0.269. The molecule has 1 aliphatic rings. The Morgan fingerprint density at radius 3 is 2.62 bits per heavy atom. The molecule has 4 nitrogen and oxygen atoms in total. The third-order valence-electron chi connectivity index (χ3n) is 5.80. The van der Waals surface area contributed by atoms with Gasteiger partial charge in [0, 0.05) is 23.9 Å². The molecule has 1 heterocycles. The van der Waals surface area contributed by atoms with Crippen molar-refractivity contribution in [1.29, 1.82) is 0 Å². The molecular weight excluding hydrogens is 360 g/mol. The van der Waals surface area contributed by atoms with E-state index in [0.29, 0.717) is 12.2 Å². The number of aromatic nitrogens is 2. The molecule has 2 aromatic rings. The second kappa shape index (κ2) is 11.1. The zero-order chi connectivity index (χ0) is 20.5. The highest BCUT2D eigenvalue weighted by Crippen LogP contribution is 2.29. The highest BCUT2D eigenvalue weighted by atomic mass is 16.5. The van der Waals surface area contributed by atoms with E-state index in [2.05, 4.69) is 18.8 Å². The summed E-state index contributed by atoms with van der Waals surface area (Å²) in [5.74, 6) is 1.96. The highest BCUT2D eigenvalue weighted by molar-refractivity contribution is 5.72. The van der Waals surface area contributed by atoms with Crippen molar-refractivity contribution in [2.75, 3.05) is 0 Å². The van der Waals surface area contributed by atoms with Crippen LogP contribution < -0.4 is 4.74 Å². The van der Waals surface area contributed by atoms with E-state index in [9.17, 15) is 4.79 Å². The van der Waals surface area contributed by atoms with Crippen LogP contribution in [0.3, 0.4) is 0 Å². The molecule has 3 rings (SSSR count). The summed E-state index contributed by atoms with van der Waals surface area (Å²) in [6.45, 7) is 4.33. The van der Waals surface area contributed by atoms with Crippen LogP contribution in [0.4, 0.5) is 0 Å².